The first-order valence-electron chi connectivity index (χ1n) is 5.14. The maximum Gasteiger partial charge on any atom is 0.237 e. The van der Waals surface area contributed by atoms with Crippen molar-refractivity contribution in [3.8, 4) is 0 Å². The summed E-state index contributed by atoms with van der Waals surface area (Å²) in [7, 11) is 0. The molecule has 4 heteroatoms. The second-order valence-corrected chi connectivity index (χ2v) is 5.95. The van der Waals surface area contributed by atoms with Gasteiger partial charge >= 0.3 is 0 Å². The first-order chi connectivity index (χ1) is 6.44. The molecule has 0 aromatic rings. The zero-order valence-corrected chi connectivity index (χ0v) is 9.77. The fourth-order valence-electron chi connectivity index (χ4n) is 1.72. The zero-order valence-electron chi connectivity index (χ0n) is 8.95. The van der Waals surface area contributed by atoms with Gasteiger partial charge in [-0.05, 0) is 30.9 Å². The summed E-state index contributed by atoms with van der Waals surface area (Å²) in [6, 6.07) is 0. The van der Waals surface area contributed by atoms with E-state index < -0.39 is 5.54 Å². The van der Waals surface area contributed by atoms with Crippen molar-refractivity contribution >= 4 is 17.7 Å². The van der Waals surface area contributed by atoms with Crippen molar-refractivity contribution in [1.82, 2.24) is 0 Å². The Labute approximate surface area is 90.0 Å². The number of amides is 1. The molecule has 0 heterocycles. The van der Waals surface area contributed by atoms with Crippen LogP contribution in [0.25, 0.3) is 0 Å². The van der Waals surface area contributed by atoms with E-state index in [9.17, 15) is 4.79 Å². The predicted molar refractivity (Wildman–Crippen MR) is 61.0 cm³/mol. The van der Waals surface area contributed by atoms with E-state index in [2.05, 4.69) is 13.8 Å². The van der Waals surface area contributed by atoms with Gasteiger partial charge in [-0.2, -0.15) is 11.8 Å². The molecule has 0 spiro atoms. The highest BCUT2D eigenvalue weighted by Gasteiger charge is 2.40. The monoisotopic (exact) mass is 216 g/mol. The van der Waals surface area contributed by atoms with Crippen LogP contribution >= 0.6 is 11.8 Å². The summed E-state index contributed by atoms with van der Waals surface area (Å²) in [5.41, 5.74) is 10.5. The van der Waals surface area contributed by atoms with Crippen molar-refractivity contribution in [3.63, 3.8) is 0 Å². The van der Waals surface area contributed by atoms with Gasteiger partial charge in [-0.25, -0.2) is 0 Å². The highest BCUT2D eigenvalue weighted by atomic mass is 32.2. The topological polar surface area (TPSA) is 69.1 Å². The third-order valence-corrected chi connectivity index (χ3v) is 4.39. The molecule has 0 aromatic carbocycles. The van der Waals surface area contributed by atoms with Crippen molar-refractivity contribution in [1.29, 1.82) is 0 Å². The van der Waals surface area contributed by atoms with Crippen LogP contribution in [0, 0.1) is 5.92 Å². The van der Waals surface area contributed by atoms with Gasteiger partial charge in [0, 0.05) is 5.25 Å². The number of carbonyl (C=O) groups excluding carboxylic acids is 1. The molecule has 1 amide bonds. The highest BCUT2D eigenvalue weighted by molar-refractivity contribution is 7.99. The summed E-state index contributed by atoms with van der Waals surface area (Å²) < 4.78 is 0. The largest absolute Gasteiger partial charge is 0.368 e. The quantitative estimate of drug-likeness (QED) is 0.739. The third kappa shape index (κ3) is 2.89. The molecule has 1 fully saturated rings. The van der Waals surface area contributed by atoms with E-state index in [-0.39, 0.29) is 5.91 Å². The van der Waals surface area contributed by atoms with E-state index in [0.717, 1.165) is 25.0 Å². The van der Waals surface area contributed by atoms with Crippen LogP contribution in [-0.2, 0) is 4.79 Å². The minimum absolute atomic E-state index is 0.342. The fraction of sp³-hybridized carbons (Fsp3) is 0.900. The number of hydrogen-bond acceptors (Lipinski definition) is 3. The number of hydrogen-bond donors (Lipinski definition) is 2. The van der Waals surface area contributed by atoms with Gasteiger partial charge in [0.1, 0.15) is 0 Å². The molecule has 0 radical (unpaired) electrons. The zero-order chi connectivity index (χ0) is 10.8. The molecule has 0 aromatic heterocycles. The van der Waals surface area contributed by atoms with Gasteiger partial charge in [-0.3, -0.25) is 4.79 Å². The number of thioether (sulfide) groups is 1. The lowest BCUT2D eigenvalue weighted by atomic mass is 9.99. The van der Waals surface area contributed by atoms with Crippen molar-refractivity contribution in [2.75, 3.05) is 5.75 Å². The molecule has 4 N–H and O–H groups in total. The Bertz CT molecular complexity index is 220. The molecule has 2 atom stereocenters. The Balaban J connectivity index is 2.37. The van der Waals surface area contributed by atoms with Crippen LogP contribution in [0.1, 0.15) is 33.1 Å². The smallest absolute Gasteiger partial charge is 0.237 e. The number of nitrogens with two attached hydrogens (primary N) is 2. The molecule has 1 aliphatic rings. The Kier molecular flexibility index (Phi) is 3.84. The van der Waals surface area contributed by atoms with Gasteiger partial charge in [0.25, 0.3) is 0 Å². The molecular weight excluding hydrogens is 196 g/mol. The minimum Gasteiger partial charge on any atom is -0.368 e. The molecule has 0 saturated heterocycles. The summed E-state index contributed by atoms with van der Waals surface area (Å²) in [4.78, 5) is 11.1. The predicted octanol–water partition coefficient (Wildman–Crippen LogP) is 1.11. The molecule has 82 valence electrons. The molecule has 2 unspecified atom stereocenters. The Morgan fingerprint density at radius 1 is 1.64 bits per heavy atom. The maximum absolute atomic E-state index is 11.1. The molecular formula is C10H20N2OS. The SMILES string of the molecule is CC(C)CSC1CCC(N)(C(N)=O)C1. The second kappa shape index (κ2) is 4.53. The number of rotatable bonds is 4. The first-order valence-corrected chi connectivity index (χ1v) is 6.19. The van der Waals surface area contributed by atoms with Gasteiger partial charge in [-0.15, -0.1) is 0 Å². The summed E-state index contributed by atoms with van der Waals surface area (Å²) in [6.45, 7) is 4.40. The van der Waals surface area contributed by atoms with Gasteiger partial charge in [0.05, 0.1) is 5.54 Å². The van der Waals surface area contributed by atoms with Crippen molar-refractivity contribution in [3.05, 3.63) is 0 Å². The highest BCUT2D eigenvalue weighted by Crippen LogP contribution is 2.35. The first kappa shape index (κ1) is 11.9. The standard InChI is InChI=1S/C10H20N2OS/c1-7(2)6-14-8-3-4-10(12,5-8)9(11)13/h7-8H,3-6,12H2,1-2H3,(H2,11,13). The van der Waals surface area contributed by atoms with E-state index in [4.69, 9.17) is 11.5 Å². The van der Waals surface area contributed by atoms with Crippen molar-refractivity contribution in [2.24, 2.45) is 17.4 Å². The molecule has 1 saturated carbocycles. The molecule has 1 rings (SSSR count). The molecule has 14 heavy (non-hydrogen) atoms. The second-order valence-electron chi connectivity index (χ2n) is 4.61. The van der Waals surface area contributed by atoms with Crippen LogP contribution in [0.4, 0.5) is 0 Å². The molecule has 0 bridgehead atoms. The Morgan fingerprint density at radius 2 is 2.29 bits per heavy atom. The third-order valence-electron chi connectivity index (χ3n) is 2.66. The molecule has 1 aliphatic carbocycles. The minimum atomic E-state index is -0.728. The summed E-state index contributed by atoms with van der Waals surface area (Å²) in [6.07, 6.45) is 2.52. The Morgan fingerprint density at radius 3 is 2.71 bits per heavy atom. The van der Waals surface area contributed by atoms with E-state index >= 15 is 0 Å². The van der Waals surface area contributed by atoms with E-state index in [1.54, 1.807) is 0 Å². The van der Waals surface area contributed by atoms with E-state index in [1.807, 2.05) is 11.8 Å². The summed E-state index contributed by atoms with van der Waals surface area (Å²) >= 11 is 1.92. The van der Waals surface area contributed by atoms with E-state index in [0.29, 0.717) is 11.2 Å². The van der Waals surface area contributed by atoms with Crippen LogP contribution < -0.4 is 11.5 Å². The van der Waals surface area contributed by atoms with Crippen LogP contribution in [0.2, 0.25) is 0 Å². The lowest BCUT2D eigenvalue weighted by Crippen LogP contribution is -2.50. The van der Waals surface area contributed by atoms with Gasteiger partial charge in [0.15, 0.2) is 0 Å². The van der Waals surface area contributed by atoms with Crippen molar-refractivity contribution < 1.29 is 4.79 Å². The lowest BCUT2D eigenvalue weighted by Gasteiger charge is -2.19. The van der Waals surface area contributed by atoms with Gasteiger partial charge in [0.2, 0.25) is 5.91 Å². The van der Waals surface area contributed by atoms with Gasteiger partial charge in [-0.1, -0.05) is 13.8 Å². The average molecular weight is 216 g/mol. The van der Waals surface area contributed by atoms with Crippen LogP contribution in [0.3, 0.4) is 0 Å². The Hall–Kier alpha value is -0.220. The number of primary amides is 1. The van der Waals surface area contributed by atoms with Crippen LogP contribution in [-0.4, -0.2) is 22.4 Å². The van der Waals surface area contributed by atoms with Crippen LogP contribution in [0.5, 0.6) is 0 Å². The average Bonchev–Trinajstić information content (AvgIpc) is 2.45. The number of carbonyl (C=O) groups is 1. The maximum atomic E-state index is 11.1. The van der Waals surface area contributed by atoms with Gasteiger partial charge < -0.3 is 11.5 Å². The van der Waals surface area contributed by atoms with E-state index in [1.165, 1.54) is 0 Å². The van der Waals surface area contributed by atoms with Crippen molar-refractivity contribution in [2.45, 2.75) is 43.9 Å². The van der Waals surface area contributed by atoms with Crippen LogP contribution in [0.15, 0.2) is 0 Å². The normalized spacial score (nSPS) is 32.4. The summed E-state index contributed by atoms with van der Waals surface area (Å²) in [5, 5.41) is 0.523. The molecule has 0 aliphatic heterocycles. The molecule has 3 nitrogen and oxygen atoms in total. The lowest BCUT2D eigenvalue weighted by molar-refractivity contribution is -0.122. The summed E-state index contributed by atoms with van der Waals surface area (Å²) in [5.74, 6) is 1.49. The fourth-order valence-corrected chi connectivity index (χ4v) is 3.08.